The van der Waals surface area contributed by atoms with Gasteiger partial charge >= 0.3 is 0 Å². The molecule has 106 valence electrons. The van der Waals surface area contributed by atoms with Gasteiger partial charge in [-0.2, -0.15) is 0 Å². The van der Waals surface area contributed by atoms with Crippen LogP contribution in [0.1, 0.15) is 11.5 Å². The van der Waals surface area contributed by atoms with Crippen LogP contribution in [0.4, 0.5) is 0 Å². The Kier molecular flexibility index (Phi) is 3.43. The highest BCUT2D eigenvalue weighted by molar-refractivity contribution is 7.92. The van der Waals surface area contributed by atoms with Gasteiger partial charge < -0.3 is 4.90 Å². The lowest BCUT2D eigenvalue weighted by atomic mass is 9.92. The Morgan fingerprint density at radius 2 is 1.68 bits per heavy atom. The molecule has 1 saturated heterocycles. The molecule has 0 bridgehead atoms. The van der Waals surface area contributed by atoms with Crippen LogP contribution < -0.4 is 10.3 Å². The Hall–Kier alpha value is -1.00. The van der Waals surface area contributed by atoms with E-state index in [0.29, 0.717) is 18.7 Å². The van der Waals surface area contributed by atoms with Gasteiger partial charge in [-0.3, -0.25) is 0 Å². The molecule has 19 heavy (non-hydrogen) atoms. The molecule has 0 radical (unpaired) electrons. The first kappa shape index (κ1) is 14.4. The smallest absolute Gasteiger partial charge is 0.239 e. The van der Waals surface area contributed by atoms with Crippen LogP contribution in [0.2, 0.25) is 0 Å². The maximum Gasteiger partial charge on any atom is 0.239 e. The van der Waals surface area contributed by atoms with Gasteiger partial charge in [-0.25, -0.2) is 27.1 Å². The first-order valence-electron chi connectivity index (χ1n) is 5.48. The molecule has 0 spiro atoms. The van der Waals surface area contributed by atoms with Crippen LogP contribution in [-0.4, -0.2) is 41.9 Å². The molecule has 7 nitrogen and oxygen atoms in total. The summed E-state index contributed by atoms with van der Waals surface area (Å²) in [4.78, 5) is 1.17. The summed E-state index contributed by atoms with van der Waals surface area (Å²) in [6.07, 6.45) is 0. The molecule has 0 unspecified atom stereocenters. The van der Waals surface area contributed by atoms with E-state index in [-0.39, 0.29) is 10.8 Å². The van der Waals surface area contributed by atoms with E-state index < -0.39 is 24.9 Å². The average molecular weight is 305 g/mol. The van der Waals surface area contributed by atoms with Gasteiger partial charge in [0.15, 0.2) is 0 Å². The maximum atomic E-state index is 11.7. The second kappa shape index (κ2) is 4.53. The summed E-state index contributed by atoms with van der Waals surface area (Å²) in [5, 5.41) is 10.2. The number of likely N-dealkylation sites (N-methyl/N-ethyl adjacent to an activating group) is 1. The molecule has 0 aliphatic carbocycles. The van der Waals surface area contributed by atoms with Crippen molar-refractivity contribution in [1.29, 1.82) is 0 Å². The fourth-order valence-electron chi connectivity index (χ4n) is 2.28. The number of nitrogens with two attached hydrogens (primary N) is 2. The lowest BCUT2D eigenvalue weighted by Gasteiger charge is -2.37. The highest BCUT2D eigenvalue weighted by Gasteiger charge is 2.33. The Bertz CT molecular complexity index is 706. The molecule has 0 saturated carbocycles. The summed E-state index contributed by atoms with van der Waals surface area (Å²) in [5.41, 5.74) is 0.409. The molecule has 1 fully saturated rings. The third kappa shape index (κ3) is 2.79. The second-order valence-electron chi connectivity index (χ2n) is 4.68. The summed E-state index contributed by atoms with van der Waals surface area (Å²) in [5.74, 6) is -0.0555. The van der Waals surface area contributed by atoms with Gasteiger partial charge in [0, 0.05) is 19.0 Å². The second-order valence-corrected chi connectivity index (χ2v) is 7.71. The number of hydrogen-bond donors (Lipinski definition) is 2. The average Bonchev–Trinajstić information content (AvgIpc) is 2.21. The number of likely N-dealkylation sites (tertiary alicyclic amines) is 1. The van der Waals surface area contributed by atoms with Gasteiger partial charge in [0.1, 0.15) is 9.79 Å². The fraction of sp³-hybridized carbons (Fsp3) is 0.400. The summed E-state index contributed by atoms with van der Waals surface area (Å²) >= 11 is 0. The van der Waals surface area contributed by atoms with Crippen molar-refractivity contribution in [1.82, 2.24) is 4.90 Å². The Balaban J connectivity index is 2.69. The molecule has 2 rings (SSSR count). The van der Waals surface area contributed by atoms with E-state index in [1.807, 2.05) is 11.9 Å². The molecule has 1 aliphatic rings. The van der Waals surface area contributed by atoms with Gasteiger partial charge in [-0.15, -0.1) is 0 Å². The third-order valence-corrected chi connectivity index (χ3v) is 5.21. The summed E-state index contributed by atoms with van der Waals surface area (Å²) < 4.78 is 46.4. The molecule has 0 amide bonds. The molecule has 1 heterocycles. The number of sulfonamides is 2. The minimum absolute atomic E-state index is 0.0555. The lowest BCUT2D eigenvalue weighted by molar-refractivity contribution is 0.187. The van der Waals surface area contributed by atoms with Crippen LogP contribution in [0, 0.1) is 0 Å². The Morgan fingerprint density at radius 3 is 2.11 bits per heavy atom. The van der Waals surface area contributed by atoms with Crippen LogP contribution in [-0.2, 0) is 20.0 Å². The predicted molar refractivity (Wildman–Crippen MR) is 69.4 cm³/mol. The summed E-state index contributed by atoms with van der Waals surface area (Å²) in [7, 11) is -6.42. The highest BCUT2D eigenvalue weighted by Crippen LogP contribution is 2.33. The number of rotatable bonds is 3. The van der Waals surface area contributed by atoms with Crippen molar-refractivity contribution in [2.24, 2.45) is 10.3 Å². The first-order valence-corrected chi connectivity index (χ1v) is 8.57. The van der Waals surface area contributed by atoms with Crippen molar-refractivity contribution in [3.63, 3.8) is 0 Å². The van der Waals surface area contributed by atoms with E-state index in [1.165, 1.54) is 6.07 Å². The van der Waals surface area contributed by atoms with Crippen molar-refractivity contribution >= 4 is 20.0 Å². The van der Waals surface area contributed by atoms with Crippen LogP contribution in [0.3, 0.4) is 0 Å². The minimum Gasteiger partial charge on any atom is -0.305 e. The van der Waals surface area contributed by atoms with E-state index in [9.17, 15) is 16.8 Å². The van der Waals surface area contributed by atoms with Crippen molar-refractivity contribution < 1.29 is 16.8 Å². The monoisotopic (exact) mass is 305 g/mol. The lowest BCUT2D eigenvalue weighted by Crippen LogP contribution is -2.42. The third-order valence-electron chi connectivity index (χ3n) is 3.10. The van der Waals surface area contributed by atoms with Crippen molar-refractivity contribution in [3.05, 3.63) is 23.8 Å². The molecule has 1 aromatic rings. The first-order chi connectivity index (χ1) is 8.60. The van der Waals surface area contributed by atoms with E-state index in [0.717, 1.165) is 6.07 Å². The maximum absolute atomic E-state index is 11.7. The molecule has 1 aliphatic heterocycles. The number of hydrogen-bond acceptors (Lipinski definition) is 5. The van der Waals surface area contributed by atoms with Gasteiger partial charge in [-0.05, 0) is 18.7 Å². The standard InChI is InChI=1S/C10H15N3O4S2/c1-13-5-7(6-13)8-3-2-4-9(18(11,14)15)10(8)19(12,16)17/h2-4,7H,5-6H2,1H3,(H2,11,14,15)(H2,12,16,17). The summed E-state index contributed by atoms with van der Waals surface area (Å²) in [6.45, 7) is 1.30. The van der Waals surface area contributed by atoms with Crippen LogP contribution >= 0.6 is 0 Å². The zero-order chi connectivity index (χ0) is 14.4. The Morgan fingerprint density at radius 1 is 1.11 bits per heavy atom. The van der Waals surface area contributed by atoms with Crippen LogP contribution in [0.15, 0.2) is 28.0 Å². The van der Waals surface area contributed by atoms with Gasteiger partial charge in [0.25, 0.3) is 0 Å². The zero-order valence-electron chi connectivity index (χ0n) is 10.3. The molecule has 0 aromatic heterocycles. The number of primary sulfonamides is 2. The largest absolute Gasteiger partial charge is 0.305 e. The van der Waals surface area contributed by atoms with Crippen molar-refractivity contribution in [2.75, 3.05) is 20.1 Å². The number of benzene rings is 1. The normalized spacial score (nSPS) is 18.3. The van der Waals surface area contributed by atoms with Gasteiger partial charge in [-0.1, -0.05) is 12.1 Å². The SMILES string of the molecule is CN1CC(c2cccc(S(N)(=O)=O)c2S(N)(=O)=O)C1. The van der Waals surface area contributed by atoms with Crippen LogP contribution in [0.25, 0.3) is 0 Å². The molecule has 9 heteroatoms. The molecular weight excluding hydrogens is 290 g/mol. The van der Waals surface area contributed by atoms with Gasteiger partial charge in [0.2, 0.25) is 20.0 Å². The Labute approximate surface area is 112 Å². The highest BCUT2D eigenvalue weighted by atomic mass is 32.2. The van der Waals surface area contributed by atoms with E-state index in [4.69, 9.17) is 10.3 Å². The van der Waals surface area contributed by atoms with Crippen molar-refractivity contribution in [2.45, 2.75) is 15.7 Å². The topological polar surface area (TPSA) is 124 Å². The van der Waals surface area contributed by atoms with E-state index in [1.54, 1.807) is 6.07 Å². The number of nitrogens with zero attached hydrogens (tertiary/aromatic N) is 1. The quantitative estimate of drug-likeness (QED) is 0.742. The molecular formula is C10H15N3O4S2. The predicted octanol–water partition coefficient (Wildman–Crippen LogP) is -0.990. The van der Waals surface area contributed by atoms with Gasteiger partial charge in [0.05, 0.1) is 0 Å². The van der Waals surface area contributed by atoms with Crippen molar-refractivity contribution in [3.8, 4) is 0 Å². The van der Waals surface area contributed by atoms with Crippen LogP contribution in [0.5, 0.6) is 0 Å². The molecule has 4 N–H and O–H groups in total. The van der Waals surface area contributed by atoms with E-state index >= 15 is 0 Å². The fourth-order valence-corrected chi connectivity index (χ4v) is 4.53. The minimum atomic E-state index is -4.16. The van der Waals surface area contributed by atoms with E-state index in [2.05, 4.69) is 0 Å². The zero-order valence-corrected chi connectivity index (χ0v) is 11.9. The summed E-state index contributed by atoms with van der Waals surface area (Å²) in [6, 6.07) is 4.20. The molecule has 1 aromatic carbocycles. The molecule has 0 atom stereocenters.